The van der Waals surface area contributed by atoms with Crippen LogP contribution in [-0.2, 0) is 0 Å². The minimum Gasteiger partial charge on any atom is -0.491 e. The van der Waals surface area contributed by atoms with Gasteiger partial charge in [0.15, 0.2) is 0 Å². The molecule has 16 heavy (non-hydrogen) atoms. The molecule has 3 nitrogen and oxygen atoms in total. The minimum absolute atomic E-state index is 0.461. The molecule has 0 saturated carbocycles. The number of nitrogens with zero attached hydrogens (tertiary/aromatic N) is 1. The van der Waals surface area contributed by atoms with Gasteiger partial charge in [0.1, 0.15) is 12.4 Å². The monoisotopic (exact) mass is 280 g/mol. The van der Waals surface area contributed by atoms with Crippen LogP contribution in [0.3, 0.4) is 0 Å². The van der Waals surface area contributed by atoms with E-state index in [9.17, 15) is 0 Å². The summed E-state index contributed by atoms with van der Waals surface area (Å²) in [4.78, 5) is 0. The molecular weight excluding hydrogens is 268 g/mol. The molecule has 0 bridgehead atoms. The third-order valence-corrected chi connectivity index (χ3v) is 3.28. The summed E-state index contributed by atoms with van der Waals surface area (Å²) in [5, 5.41) is 12.1. The number of hydrogen-bond donors (Lipinski definition) is 1. The Bertz CT molecular complexity index is 408. The van der Waals surface area contributed by atoms with Gasteiger partial charge in [-0.1, -0.05) is 0 Å². The maximum absolute atomic E-state index is 8.73. The Morgan fingerprint density at radius 1 is 1.56 bits per heavy atom. The molecule has 0 spiro atoms. The summed E-state index contributed by atoms with van der Waals surface area (Å²) >= 11 is 3.40. The van der Waals surface area contributed by atoms with Crippen molar-refractivity contribution >= 4 is 15.9 Å². The Morgan fingerprint density at radius 2 is 2.44 bits per heavy atom. The van der Waals surface area contributed by atoms with Crippen LogP contribution in [0, 0.1) is 11.3 Å². The Morgan fingerprint density at radius 3 is 3.06 bits per heavy atom. The predicted octanol–water partition coefficient (Wildman–Crippen LogP) is 2.45. The second-order valence-electron chi connectivity index (χ2n) is 3.86. The topological polar surface area (TPSA) is 45.0 Å². The molecule has 0 aromatic heterocycles. The van der Waals surface area contributed by atoms with Crippen molar-refractivity contribution in [1.29, 1.82) is 5.26 Å². The standard InChI is InChI=1S/C12H13BrN2O/c13-11-6-9(7-14)3-4-12(11)16-8-10-2-1-5-15-10/h3-4,6,10,15H,1-2,5,8H2. The first kappa shape index (κ1) is 11.4. The lowest BCUT2D eigenvalue weighted by atomic mass is 10.2. The lowest BCUT2D eigenvalue weighted by Gasteiger charge is -2.13. The summed E-state index contributed by atoms with van der Waals surface area (Å²) in [5.74, 6) is 0.799. The summed E-state index contributed by atoms with van der Waals surface area (Å²) in [6.45, 7) is 1.77. The van der Waals surface area contributed by atoms with E-state index in [1.165, 1.54) is 12.8 Å². The summed E-state index contributed by atoms with van der Waals surface area (Å²) in [5.41, 5.74) is 0.637. The molecule has 1 aliphatic heterocycles. The van der Waals surface area contributed by atoms with E-state index >= 15 is 0 Å². The maximum Gasteiger partial charge on any atom is 0.133 e. The zero-order valence-electron chi connectivity index (χ0n) is 8.87. The fraction of sp³-hybridized carbons (Fsp3) is 0.417. The van der Waals surface area contributed by atoms with Gasteiger partial charge in [0, 0.05) is 6.04 Å². The van der Waals surface area contributed by atoms with Gasteiger partial charge in [-0.25, -0.2) is 0 Å². The first-order valence-electron chi connectivity index (χ1n) is 5.35. The SMILES string of the molecule is N#Cc1ccc(OCC2CCCN2)c(Br)c1. The highest BCUT2D eigenvalue weighted by atomic mass is 79.9. The minimum atomic E-state index is 0.461. The summed E-state index contributed by atoms with van der Waals surface area (Å²) in [6.07, 6.45) is 2.40. The molecule has 2 rings (SSSR count). The van der Waals surface area contributed by atoms with Crippen LogP contribution in [0.2, 0.25) is 0 Å². The van der Waals surface area contributed by atoms with E-state index < -0.39 is 0 Å². The summed E-state index contributed by atoms with van der Waals surface area (Å²) in [7, 11) is 0. The number of nitriles is 1. The molecule has 4 heteroatoms. The van der Waals surface area contributed by atoms with Crippen molar-refractivity contribution in [3.05, 3.63) is 28.2 Å². The molecule has 0 radical (unpaired) electrons. The summed E-state index contributed by atoms with van der Waals surface area (Å²) in [6, 6.07) is 7.93. The number of ether oxygens (including phenoxy) is 1. The van der Waals surface area contributed by atoms with Crippen LogP contribution >= 0.6 is 15.9 Å². The predicted molar refractivity (Wildman–Crippen MR) is 65.4 cm³/mol. The van der Waals surface area contributed by atoms with Crippen LogP contribution in [0.4, 0.5) is 0 Å². The molecule has 84 valence electrons. The molecule has 1 heterocycles. The van der Waals surface area contributed by atoms with Gasteiger partial charge in [0.2, 0.25) is 0 Å². The molecular formula is C12H13BrN2O. The van der Waals surface area contributed by atoms with Crippen molar-refractivity contribution < 1.29 is 4.74 Å². The number of rotatable bonds is 3. The maximum atomic E-state index is 8.73. The Labute approximate surface area is 104 Å². The van der Waals surface area contributed by atoms with E-state index in [-0.39, 0.29) is 0 Å². The zero-order chi connectivity index (χ0) is 11.4. The van der Waals surface area contributed by atoms with Crippen molar-refractivity contribution in [3.8, 4) is 11.8 Å². The van der Waals surface area contributed by atoms with Gasteiger partial charge in [-0.3, -0.25) is 0 Å². The second kappa shape index (κ2) is 5.33. The molecule has 0 aliphatic carbocycles. The molecule has 1 fully saturated rings. The van der Waals surface area contributed by atoms with E-state index in [0.717, 1.165) is 16.8 Å². The van der Waals surface area contributed by atoms with Crippen molar-refractivity contribution in [2.75, 3.05) is 13.2 Å². The van der Waals surface area contributed by atoms with Gasteiger partial charge >= 0.3 is 0 Å². The van der Waals surface area contributed by atoms with Crippen LogP contribution in [0.5, 0.6) is 5.75 Å². The fourth-order valence-corrected chi connectivity index (χ4v) is 2.27. The van der Waals surface area contributed by atoms with Crippen molar-refractivity contribution in [1.82, 2.24) is 5.32 Å². The Balaban J connectivity index is 1.96. The highest BCUT2D eigenvalue weighted by Gasteiger charge is 2.14. The lowest BCUT2D eigenvalue weighted by molar-refractivity contribution is 0.275. The molecule has 1 aliphatic rings. The van der Waals surface area contributed by atoms with Crippen LogP contribution in [0.1, 0.15) is 18.4 Å². The fourth-order valence-electron chi connectivity index (χ4n) is 1.78. The molecule has 0 amide bonds. The Kier molecular flexibility index (Phi) is 3.81. The highest BCUT2D eigenvalue weighted by molar-refractivity contribution is 9.10. The average Bonchev–Trinajstić information content (AvgIpc) is 2.80. The lowest BCUT2D eigenvalue weighted by Crippen LogP contribution is -2.28. The largest absolute Gasteiger partial charge is 0.491 e. The van der Waals surface area contributed by atoms with Crippen LogP contribution in [-0.4, -0.2) is 19.2 Å². The van der Waals surface area contributed by atoms with E-state index in [4.69, 9.17) is 10.00 Å². The second-order valence-corrected chi connectivity index (χ2v) is 4.72. The smallest absolute Gasteiger partial charge is 0.133 e. The number of hydrogen-bond acceptors (Lipinski definition) is 3. The molecule has 1 unspecified atom stereocenters. The molecule has 1 aromatic rings. The van der Waals surface area contributed by atoms with Crippen molar-refractivity contribution in [3.63, 3.8) is 0 Å². The van der Waals surface area contributed by atoms with E-state index in [0.29, 0.717) is 18.2 Å². The van der Waals surface area contributed by atoms with Gasteiger partial charge in [0.25, 0.3) is 0 Å². The third kappa shape index (κ3) is 2.75. The normalized spacial score (nSPS) is 19.4. The van der Waals surface area contributed by atoms with Crippen molar-refractivity contribution in [2.45, 2.75) is 18.9 Å². The van der Waals surface area contributed by atoms with Crippen LogP contribution < -0.4 is 10.1 Å². The quantitative estimate of drug-likeness (QED) is 0.925. The van der Waals surface area contributed by atoms with Crippen molar-refractivity contribution in [2.24, 2.45) is 0 Å². The van der Waals surface area contributed by atoms with Gasteiger partial charge in [-0.2, -0.15) is 5.26 Å². The first-order valence-corrected chi connectivity index (χ1v) is 6.15. The van der Waals surface area contributed by atoms with E-state index in [1.807, 2.05) is 6.07 Å². The van der Waals surface area contributed by atoms with Crippen LogP contribution in [0.25, 0.3) is 0 Å². The van der Waals surface area contributed by atoms with Gasteiger partial charge in [0.05, 0.1) is 16.1 Å². The zero-order valence-corrected chi connectivity index (χ0v) is 10.5. The highest BCUT2D eigenvalue weighted by Crippen LogP contribution is 2.26. The number of benzene rings is 1. The third-order valence-electron chi connectivity index (χ3n) is 2.66. The molecule has 1 atom stereocenters. The van der Waals surface area contributed by atoms with Crippen LogP contribution in [0.15, 0.2) is 22.7 Å². The molecule has 1 saturated heterocycles. The van der Waals surface area contributed by atoms with Gasteiger partial charge in [-0.05, 0) is 53.5 Å². The molecule has 1 aromatic carbocycles. The van der Waals surface area contributed by atoms with Gasteiger partial charge in [-0.15, -0.1) is 0 Å². The Hall–Kier alpha value is -1.05. The summed E-state index contributed by atoms with van der Waals surface area (Å²) < 4.78 is 6.54. The van der Waals surface area contributed by atoms with Gasteiger partial charge < -0.3 is 10.1 Å². The van der Waals surface area contributed by atoms with E-state index in [2.05, 4.69) is 27.3 Å². The van der Waals surface area contributed by atoms with E-state index in [1.54, 1.807) is 12.1 Å². The number of nitrogens with one attached hydrogen (secondary N) is 1. The number of halogens is 1. The first-order chi connectivity index (χ1) is 7.79. The average molecular weight is 281 g/mol. The molecule has 1 N–H and O–H groups in total.